The second kappa shape index (κ2) is 9.44. The second-order valence-electron chi connectivity index (χ2n) is 7.70. The van der Waals surface area contributed by atoms with Gasteiger partial charge in [-0.2, -0.15) is 9.78 Å². The van der Waals surface area contributed by atoms with Crippen molar-refractivity contribution in [1.29, 1.82) is 0 Å². The summed E-state index contributed by atoms with van der Waals surface area (Å²) in [5.41, 5.74) is 1.96. The van der Waals surface area contributed by atoms with Gasteiger partial charge >= 0.3 is 0 Å². The first-order valence-corrected chi connectivity index (χ1v) is 12.0. The van der Waals surface area contributed by atoms with Crippen molar-refractivity contribution in [3.63, 3.8) is 0 Å². The number of rotatable bonds is 6. The molecule has 4 rings (SSSR count). The largest absolute Gasteiger partial charge is 0.627 e. The normalized spacial score (nSPS) is 16.2. The highest BCUT2D eigenvalue weighted by molar-refractivity contribution is 7.84. The lowest BCUT2D eigenvalue weighted by Gasteiger charge is -2.44. The molecule has 1 aromatic heterocycles. The Bertz CT molecular complexity index is 1250. The van der Waals surface area contributed by atoms with Crippen molar-refractivity contribution in [3.05, 3.63) is 64.1 Å². The highest BCUT2D eigenvalue weighted by atomic mass is 32.2. The lowest BCUT2D eigenvalue weighted by molar-refractivity contribution is 0.0615. The molecule has 2 aromatic carbocycles. The average Bonchev–Trinajstić information content (AvgIpc) is 2.84. The van der Waals surface area contributed by atoms with Crippen molar-refractivity contribution in [3.8, 4) is 22.7 Å². The van der Waals surface area contributed by atoms with Gasteiger partial charge in [0.05, 0.1) is 47.4 Å². The molecule has 1 aliphatic rings. The number of methoxy groups -OCH3 is 1. The van der Waals surface area contributed by atoms with E-state index in [1.165, 1.54) is 10.9 Å². The van der Waals surface area contributed by atoms with Crippen LogP contribution in [0.25, 0.3) is 16.9 Å². The van der Waals surface area contributed by atoms with Gasteiger partial charge in [-0.15, -0.1) is 0 Å². The molecular formula is C23H26N4O5S. The van der Waals surface area contributed by atoms with E-state index in [2.05, 4.69) is 10.4 Å². The zero-order valence-electron chi connectivity index (χ0n) is 18.7. The number of ether oxygens (including phenoxy) is 2. The average molecular weight is 471 g/mol. The van der Waals surface area contributed by atoms with Gasteiger partial charge in [-0.05, 0) is 24.3 Å². The van der Waals surface area contributed by atoms with Crippen molar-refractivity contribution in [1.82, 2.24) is 14.4 Å². The number of hydrogen-bond donors (Lipinski definition) is 1. The molecule has 0 bridgehead atoms. The Morgan fingerprint density at radius 1 is 1.18 bits per heavy atom. The zero-order chi connectivity index (χ0) is 23.6. The van der Waals surface area contributed by atoms with Crippen LogP contribution in [0.5, 0.6) is 5.75 Å². The van der Waals surface area contributed by atoms with Gasteiger partial charge in [0, 0.05) is 31.0 Å². The Kier molecular flexibility index (Phi) is 6.61. The van der Waals surface area contributed by atoms with Crippen LogP contribution in [0.15, 0.2) is 58.2 Å². The molecule has 0 spiro atoms. The van der Waals surface area contributed by atoms with Crippen LogP contribution < -0.4 is 20.3 Å². The number of quaternary nitrogens is 1. The first-order valence-electron chi connectivity index (χ1n) is 10.5. The minimum absolute atomic E-state index is 0.266. The Hall–Kier alpha value is -3.05. The fourth-order valence-corrected chi connectivity index (χ4v) is 4.52. The quantitative estimate of drug-likeness (QED) is 0.436. The number of morpholine rings is 1. The SMILES string of the molecule is CNc1cc(-c2cccc(OC)c2)nn(-c2cc([N+]3([O-])CCOCC3)ccc2S(C)=O)c1=O. The van der Waals surface area contributed by atoms with Gasteiger partial charge in [-0.25, -0.2) is 0 Å². The highest BCUT2D eigenvalue weighted by Gasteiger charge is 2.26. The Morgan fingerprint density at radius 2 is 1.94 bits per heavy atom. The zero-order valence-corrected chi connectivity index (χ0v) is 19.6. The fraction of sp³-hybridized carbons (Fsp3) is 0.304. The lowest BCUT2D eigenvalue weighted by Crippen LogP contribution is -2.51. The predicted molar refractivity (Wildman–Crippen MR) is 129 cm³/mol. The number of nitrogens with one attached hydrogen (secondary N) is 1. The van der Waals surface area contributed by atoms with E-state index in [4.69, 9.17) is 9.47 Å². The summed E-state index contributed by atoms with van der Waals surface area (Å²) < 4.78 is 23.8. The van der Waals surface area contributed by atoms with Crippen LogP contribution in [-0.2, 0) is 15.5 Å². The molecule has 174 valence electrons. The van der Waals surface area contributed by atoms with E-state index < -0.39 is 21.0 Å². The Morgan fingerprint density at radius 3 is 2.61 bits per heavy atom. The number of nitrogens with zero attached hydrogens (tertiary/aromatic N) is 3. The number of hydrogen-bond acceptors (Lipinski definition) is 7. The molecule has 0 aliphatic carbocycles. The van der Waals surface area contributed by atoms with E-state index >= 15 is 0 Å². The molecule has 1 aliphatic heterocycles. The van der Waals surface area contributed by atoms with E-state index in [1.54, 1.807) is 38.4 Å². The summed E-state index contributed by atoms with van der Waals surface area (Å²) in [4.78, 5) is 13.7. The summed E-state index contributed by atoms with van der Waals surface area (Å²) in [7, 11) is 1.81. The van der Waals surface area contributed by atoms with Gasteiger partial charge in [0.1, 0.15) is 30.2 Å². The molecule has 10 heteroatoms. The summed E-state index contributed by atoms with van der Waals surface area (Å²) in [5, 5.41) is 20.9. The van der Waals surface area contributed by atoms with Crippen LogP contribution in [0, 0.1) is 5.21 Å². The van der Waals surface area contributed by atoms with E-state index in [9.17, 15) is 14.2 Å². The molecule has 1 saturated heterocycles. The molecule has 1 atom stereocenters. The van der Waals surface area contributed by atoms with E-state index in [0.29, 0.717) is 46.6 Å². The second-order valence-corrected chi connectivity index (χ2v) is 9.05. The molecule has 1 unspecified atom stereocenters. The van der Waals surface area contributed by atoms with Crippen LogP contribution in [0.2, 0.25) is 0 Å². The minimum atomic E-state index is -1.41. The molecular weight excluding hydrogens is 444 g/mol. The third-order valence-corrected chi connectivity index (χ3v) is 6.66. The number of hydroxylamine groups is 2. The van der Waals surface area contributed by atoms with Gasteiger partial charge in [-0.3, -0.25) is 9.00 Å². The van der Waals surface area contributed by atoms with E-state index in [-0.39, 0.29) is 13.1 Å². The lowest BCUT2D eigenvalue weighted by atomic mass is 10.1. The summed E-state index contributed by atoms with van der Waals surface area (Å²) in [6.45, 7) is 1.24. The monoisotopic (exact) mass is 470 g/mol. The summed E-state index contributed by atoms with van der Waals surface area (Å²) in [5.74, 6) is 0.653. The number of aromatic nitrogens is 2. The minimum Gasteiger partial charge on any atom is -0.627 e. The van der Waals surface area contributed by atoms with Crippen molar-refractivity contribution < 1.29 is 13.7 Å². The molecule has 1 fully saturated rings. The van der Waals surface area contributed by atoms with Crippen LogP contribution in [-0.4, -0.2) is 60.7 Å². The highest BCUT2D eigenvalue weighted by Crippen LogP contribution is 2.30. The van der Waals surface area contributed by atoms with Gasteiger partial charge in [0.2, 0.25) is 0 Å². The molecule has 0 amide bonds. The Balaban J connectivity index is 1.94. The van der Waals surface area contributed by atoms with Crippen LogP contribution in [0.1, 0.15) is 0 Å². The predicted octanol–water partition coefficient (Wildman–Crippen LogP) is 2.52. The fourth-order valence-electron chi connectivity index (χ4n) is 3.82. The molecule has 33 heavy (non-hydrogen) atoms. The third-order valence-electron chi connectivity index (χ3n) is 5.69. The van der Waals surface area contributed by atoms with Gasteiger partial charge in [0.25, 0.3) is 5.56 Å². The molecule has 2 heterocycles. The Labute approximate surface area is 194 Å². The summed E-state index contributed by atoms with van der Waals surface area (Å²) >= 11 is 0. The maximum atomic E-state index is 13.4. The van der Waals surface area contributed by atoms with Crippen LogP contribution in [0.3, 0.4) is 0 Å². The number of anilines is 1. The topological polar surface area (TPSA) is 106 Å². The van der Waals surface area contributed by atoms with Gasteiger partial charge < -0.3 is 24.6 Å². The maximum Gasteiger partial charge on any atom is 0.294 e. The molecule has 3 aromatic rings. The van der Waals surface area contributed by atoms with Crippen LogP contribution in [0.4, 0.5) is 11.4 Å². The molecule has 0 saturated carbocycles. The molecule has 1 N–H and O–H groups in total. The van der Waals surface area contributed by atoms with Crippen LogP contribution >= 0.6 is 0 Å². The smallest absolute Gasteiger partial charge is 0.294 e. The van der Waals surface area contributed by atoms with Crippen molar-refractivity contribution in [2.24, 2.45) is 0 Å². The van der Waals surface area contributed by atoms with Crippen molar-refractivity contribution in [2.75, 3.05) is 52.0 Å². The maximum absolute atomic E-state index is 13.4. The number of benzene rings is 2. The van der Waals surface area contributed by atoms with Gasteiger partial charge in [-0.1, -0.05) is 12.1 Å². The van der Waals surface area contributed by atoms with E-state index in [0.717, 1.165) is 5.56 Å². The summed E-state index contributed by atoms with van der Waals surface area (Å²) in [6.07, 6.45) is 1.53. The summed E-state index contributed by atoms with van der Waals surface area (Å²) in [6, 6.07) is 13.9. The first-order chi connectivity index (χ1) is 15.9. The van der Waals surface area contributed by atoms with Crippen molar-refractivity contribution >= 4 is 22.2 Å². The third kappa shape index (κ3) is 4.55. The molecule has 9 nitrogen and oxygen atoms in total. The van der Waals surface area contributed by atoms with Gasteiger partial charge in [0.15, 0.2) is 0 Å². The van der Waals surface area contributed by atoms with Crippen molar-refractivity contribution in [2.45, 2.75) is 4.90 Å². The standard InChI is InChI=1S/C23H26N4O5S/c1-24-20-15-19(16-5-4-6-18(13-16)31-2)25-26(23(20)28)21-14-17(7-8-22(21)33(3)30)27(29)9-11-32-12-10-27/h4-8,13-15,24H,9-12H2,1-3H3. The first kappa shape index (κ1) is 23.1. The molecule has 0 radical (unpaired) electrons. The van der Waals surface area contributed by atoms with E-state index in [1.807, 2.05) is 24.3 Å².